The summed E-state index contributed by atoms with van der Waals surface area (Å²) in [5.74, 6) is -0.291. The molecule has 92 valence electrons. The number of nitrogens with zero attached hydrogens (tertiary/aromatic N) is 2. The van der Waals surface area contributed by atoms with Gasteiger partial charge in [-0.3, -0.25) is 4.79 Å². The first-order valence-electron chi connectivity index (χ1n) is 5.23. The van der Waals surface area contributed by atoms with Gasteiger partial charge in [0.15, 0.2) is 10.8 Å². The molecule has 1 atom stereocenters. The second-order valence-electron chi connectivity index (χ2n) is 3.82. The molecule has 0 aliphatic carbocycles. The lowest BCUT2D eigenvalue weighted by Gasteiger charge is -2.16. The van der Waals surface area contributed by atoms with E-state index in [1.165, 1.54) is 6.92 Å². The number of nitriles is 2. The number of benzene rings is 1. The fourth-order valence-electron chi connectivity index (χ4n) is 1.33. The van der Waals surface area contributed by atoms with Crippen molar-refractivity contribution in [3.8, 4) is 12.1 Å². The largest absolute Gasteiger partial charge is 0.293 e. The molecule has 1 rings (SSSR count). The lowest BCUT2D eigenvalue weighted by atomic mass is 10.1. The Morgan fingerprint density at radius 2 is 2.17 bits per heavy atom. The Labute approximate surface area is 109 Å². The van der Waals surface area contributed by atoms with Crippen LogP contribution in [0.4, 0.5) is 4.39 Å². The topological polar surface area (TPSA) is 64.7 Å². The van der Waals surface area contributed by atoms with Gasteiger partial charge in [-0.2, -0.15) is 10.5 Å². The van der Waals surface area contributed by atoms with Crippen molar-refractivity contribution < 1.29 is 9.18 Å². The van der Waals surface area contributed by atoms with Crippen molar-refractivity contribution in [1.82, 2.24) is 0 Å². The Kier molecular flexibility index (Phi) is 4.88. The zero-order valence-corrected chi connectivity index (χ0v) is 10.6. The summed E-state index contributed by atoms with van der Waals surface area (Å²) >= 11 is 0.896. The maximum Gasteiger partial charge on any atom is 0.176 e. The fourth-order valence-corrected chi connectivity index (χ4v) is 2.29. The van der Waals surface area contributed by atoms with Crippen molar-refractivity contribution in [1.29, 1.82) is 10.5 Å². The molecule has 0 heterocycles. The van der Waals surface area contributed by atoms with E-state index in [1.807, 2.05) is 0 Å². The van der Waals surface area contributed by atoms with Gasteiger partial charge in [-0.15, -0.1) is 0 Å². The molecule has 0 bridgehead atoms. The van der Waals surface area contributed by atoms with E-state index >= 15 is 0 Å². The van der Waals surface area contributed by atoms with Crippen molar-refractivity contribution in [3.05, 3.63) is 29.8 Å². The summed E-state index contributed by atoms with van der Waals surface area (Å²) in [4.78, 5) is 12.1. The van der Waals surface area contributed by atoms with Gasteiger partial charge in [0, 0.05) is 10.5 Å². The molecule has 0 amide bonds. The molecule has 0 N–H and O–H groups in total. The molecule has 1 unspecified atom stereocenters. The minimum atomic E-state index is -1.69. The highest BCUT2D eigenvalue weighted by atomic mass is 32.2. The molecule has 18 heavy (non-hydrogen) atoms. The van der Waals surface area contributed by atoms with Gasteiger partial charge in [0.2, 0.25) is 0 Å². The van der Waals surface area contributed by atoms with E-state index in [1.54, 1.807) is 36.4 Å². The van der Waals surface area contributed by atoms with Gasteiger partial charge in [-0.1, -0.05) is 23.9 Å². The van der Waals surface area contributed by atoms with Gasteiger partial charge in [-0.25, -0.2) is 4.39 Å². The third-order valence-corrected chi connectivity index (χ3v) is 3.18. The van der Waals surface area contributed by atoms with Gasteiger partial charge >= 0.3 is 0 Å². The maximum atomic E-state index is 13.9. The molecule has 0 saturated heterocycles. The third-order valence-electron chi connectivity index (χ3n) is 2.12. The van der Waals surface area contributed by atoms with Crippen LogP contribution >= 0.6 is 11.8 Å². The second-order valence-corrected chi connectivity index (χ2v) is 5.35. The van der Waals surface area contributed by atoms with Crippen molar-refractivity contribution in [3.63, 3.8) is 0 Å². The molecule has 1 aromatic rings. The normalized spacial score (nSPS) is 13.1. The summed E-state index contributed by atoms with van der Waals surface area (Å²) in [5.41, 5.74) is 0.384. The Bertz CT molecular complexity index is 529. The second kappa shape index (κ2) is 6.18. The van der Waals surface area contributed by atoms with Gasteiger partial charge in [0.05, 0.1) is 25.0 Å². The Hall–Kier alpha value is -1.85. The fraction of sp³-hybridized carbons (Fsp3) is 0.308. The van der Waals surface area contributed by atoms with Gasteiger partial charge in [0.1, 0.15) is 0 Å². The lowest BCUT2D eigenvalue weighted by molar-refractivity contribution is 0.0997. The number of carbonyl (C=O) groups excluding carboxylic acids is 1. The molecule has 0 aliphatic heterocycles. The number of halogens is 1. The Balaban J connectivity index is 2.87. The van der Waals surface area contributed by atoms with Crippen LogP contribution in [0.5, 0.6) is 0 Å². The highest BCUT2D eigenvalue weighted by Crippen LogP contribution is 2.36. The third kappa shape index (κ3) is 4.20. The van der Waals surface area contributed by atoms with E-state index in [2.05, 4.69) is 0 Å². The van der Waals surface area contributed by atoms with Gasteiger partial charge < -0.3 is 0 Å². The molecule has 0 spiro atoms. The summed E-state index contributed by atoms with van der Waals surface area (Å²) < 4.78 is 13.9. The summed E-state index contributed by atoms with van der Waals surface area (Å²) in [7, 11) is 0. The molecule has 0 fully saturated rings. The number of alkyl halides is 1. The van der Waals surface area contributed by atoms with E-state index in [0.717, 1.165) is 11.8 Å². The summed E-state index contributed by atoms with van der Waals surface area (Å²) in [5, 5.41) is 15.3. The average Bonchev–Trinajstić information content (AvgIpc) is 2.28. The van der Waals surface area contributed by atoms with Crippen molar-refractivity contribution >= 4 is 17.5 Å². The molecule has 0 aliphatic rings. The van der Waals surface area contributed by atoms with E-state index < -0.39 is 5.00 Å². The van der Waals surface area contributed by atoms with Crippen LogP contribution < -0.4 is 0 Å². The van der Waals surface area contributed by atoms with E-state index in [4.69, 9.17) is 10.5 Å². The summed E-state index contributed by atoms with van der Waals surface area (Å²) in [6.45, 7) is 1.32. The number of Topliss-reactive ketones (excluding diaryl/α,β-unsaturated/α-hetero) is 1. The molecule has 5 heteroatoms. The van der Waals surface area contributed by atoms with Gasteiger partial charge in [-0.05, 0) is 19.1 Å². The highest BCUT2D eigenvalue weighted by molar-refractivity contribution is 8.00. The van der Waals surface area contributed by atoms with Crippen LogP contribution in [-0.4, -0.2) is 10.8 Å². The first-order chi connectivity index (χ1) is 8.48. The molecule has 0 saturated carbocycles. The van der Waals surface area contributed by atoms with Crippen LogP contribution in [0.2, 0.25) is 0 Å². The summed E-state index contributed by atoms with van der Waals surface area (Å²) in [6.07, 6.45) is -0.423. The molecular formula is C13H11FN2OS. The first-order valence-corrected chi connectivity index (χ1v) is 6.05. The number of hydrogen-bond acceptors (Lipinski definition) is 4. The standard InChI is InChI=1S/C13H11FN2OS/c1-13(14,6-8-16)18-11-4-2-3-10(9-11)12(17)5-7-15/h2-4,9H,5-6H2,1H3. The Morgan fingerprint density at radius 3 is 2.78 bits per heavy atom. The maximum absolute atomic E-state index is 13.9. The number of hydrogen-bond donors (Lipinski definition) is 0. The molecular weight excluding hydrogens is 251 g/mol. The van der Waals surface area contributed by atoms with Crippen molar-refractivity contribution in [2.24, 2.45) is 0 Å². The zero-order valence-electron chi connectivity index (χ0n) is 9.81. The van der Waals surface area contributed by atoms with Crippen molar-refractivity contribution in [2.75, 3.05) is 0 Å². The monoisotopic (exact) mass is 262 g/mol. The average molecular weight is 262 g/mol. The zero-order chi connectivity index (χ0) is 13.6. The minimum Gasteiger partial charge on any atom is -0.293 e. The van der Waals surface area contributed by atoms with Crippen LogP contribution in [0.25, 0.3) is 0 Å². The van der Waals surface area contributed by atoms with Crippen molar-refractivity contribution in [2.45, 2.75) is 29.7 Å². The predicted octanol–water partition coefficient (Wildman–Crippen LogP) is 3.47. The minimum absolute atomic E-state index is 0.195. The quantitative estimate of drug-likeness (QED) is 0.602. The van der Waals surface area contributed by atoms with Crippen LogP contribution in [0.1, 0.15) is 30.1 Å². The van der Waals surface area contributed by atoms with E-state index in [-0.39, 0.29) is 18.6 Å². The SMILES string of the molecule is CC(F)(CC#N)Sc1cccc(C(=O)CC#N)c1. The Morgan fingerprint density at radius 1 is 1.44 bits per heavy atom. The number of rotatable bonds is 5. The van der Waals surface area contributed by atoms with Crippen LogP contribution in [-0.2, 0) is 0 Å². The molecule has 0 aromatic heterocycles. The molecule has 3 nitrogen and oxygen atoms in total. The lowest BCUT2D eigenvalue weighted by Crippen LogP contribution is -2.10. The predicted molar refractivity (Wildman–Crippen MR) is 66.6 cm³/mol. The summed E-state index contributed by atoms with van der Waals surface area (Å²) in [6, 6.07) is 9.99. The number of thioether (sulfide) groups is 1. The van der Waals surface area contributed by atoms with Crippen LogP contribution in [0.3, 0.4) is 0 Å². The number of ketones is 1. The van der Waals surface area contributed by atoms with E-state index in [9.17, 15) is 9.18 Å². The molecule has 0 radical (unpaired) electrons. The highest BCUT2D eigenvalue weighted by Gasteiger charge is 2.24. The van der Waals surface area contributed by atoms with Crippen LogP contribution in [0.15, 0.2) is 29.2 Å². The van der Waals surface area contributed by atoms with E-state index in [0.29, 0.717) is 10.5 Å². The smallest absolute Gasteiger partial charge is 0.176 e. The van der Waals surface area contributed by atoms with Gasteiger partial charge in [0.25, 0.3) is 0 Å². The first kappa shape index (κ1) is 14.2. The molecule has 1 aromatic carbocycles. The number of carbonyl (C=O) groups is 1. The van der Waals surface area contributed by atoms with Crippen LogP contribution in [0, 0.1) is 22.7 Å².